The van der Waals surface area contributed by atoms with Crippen molar-refractivity contribution in [3.63, 3.8) is 0 Å². The van der Waals surface area contributed by atoms with E-state index in [1.807, 2.05) is 18.4 Å². The van der Waals surface area contributed by atoms with Gasteiger partial charge in [-0.3, -0.25) is 9.69 Å². The second-order valence-electron chi connectivity index (χ2n) is 8.18. The maximum Gasteiger partial charge on any atom is 0.337 e. The average Bonchev–Trinajstić information content (AvgIpc) is 3.63. The number of benzene rings is 1. The van der Waals surface area contributed by atoms with Gasteiger partial charge in [0.2, 0.25) is 0 Å². The van der Waals surface area contributed by atoms with E-state index in [4.69, 9.17) is 0 Å². The topological polar surface area (TPSA) is 119 Å². The van der Waals surface area contributed by atoms with Crippen LogP contribution >= 0.6 is 11.3 Å². The summed E-state index contributed by atoms with van der Waals surface area (Å²) in [6.07, 6.45) is 3.92. The number of carbonyl (C=O) groups excluding carboxylic acids is 2. The van der Waals surface area contributed by atoms with Crippen molar-refractivity contribution in [2.75, 3.05) is 12.0 Å². The quantitative estimate of drug-likeness (QED) is 0.321. The molecule has 0 bridgehead atoms. The number of hydrogen-bond donors (Lipinski definition) is 1. The highest BCUT2D eigenvalue weighted by atomic mass is 32.1. The summed E-state index contributed by atoms with van der Waals surface area (Å²) >= 11 is 1.53. The number of ether oxygens (including phenoxy) is 1. The minimum Gasteiger partial charge on any atom is -0.465 e. The Morgan fingerprint density at radius 1 is 1.28 bits per heavy atom. The van der Waals surface area contributed by atoms with Gasteiger partial charge in [-0.1, -0.05) is 24.5 Å². The van der Waals surface area contributed by atoms with Crippen LogP contribution in [-0.2, 0) is 24.2 Å². The fraction of sp³-hybridized carbons (Fsp3) is 0.333. The van der Waals surface area contributed by atoms with Crippen LogP contribution in [0.5, 0.6) is 0 Å². The van der Waals surface area contributed by atoms with E-state index in [0.717, 1.165) is 29.3 Å². The van der Waals surface area contributed by atoms with Gasteiger partial charge in [-0.25, -0.2) is 14.2 Å². The number of nitrogens with one attached hydrogen (secondary N) is 1. The second-order valence-corrected chi connectivity index (χ2v) is 9.18. The predicted molar refractivity (Wildman–Crippen MR) is 131 cm³/mol. The molecule has 188 valence electrons. The first kappa shape index (κ1) is 25.2. The maximum atomic E-state index is 15.0. The van der Waals surface area contributed by atoms with Gasteiger partial charge in [-0.05, 0) is 47.7 Å². The first-order valence-electron chi connectivity index (χ1n) is 11.4. The summed E-state index contributed by atoms with van der Waals surface area (Å²) in [7, 11) is 1.24. The van der Waals surface area contributed by atoms with E-state index in [0.29, 0.717) is 17.8 Å². The van der Waals surface area contributed by atoms with E-state index >= 15 is 0 Å². The van der Waals surface area contributed by atoms with Gasteiger partial charge in [0.1, 0.15) is 17.3 Å². The van der Waals surface area contributed by atoms with Crippen LogP contribution in [0.2, 0.25) is 0 Å². The minimum absolute atomic E-state index is 0.0610. The predicted octanol–water partition coefficient (Wildman–Crippen LogP) is 3.93. The number of anilines is 1. The summed E-state index contributed by atoms with van der Waals surface area (Å²) in [6.45, 7) is 4.34. The Morgan fingerprint density at radius 2 is 2.11 bits per heavy atom. The van der Waals surface area contributed by atoms with E-state index in [1.165, 1.54) is 41.7 Å². The molecule has 0 atom stereocenters. The van der Waals surface area contributed by atoms with Gasteiger partial charge in [-0.15, -0.1) is 16.4 Å². The summed E-state index contributed by atoms with van der Waals surface area (Å²) in [4.78, 5) is 32.5. The number of aromatic nitrogens is 6. The molecule has 3 heterocycles. The lowest BCUT2D eigenvalue weighted by molar-refractivity contribution is 0.0600. The van der Waals surface area contributed by atoms with Crippen molar-refractivity contribution in [2.24, 2.45) is 0 Å². The van der Waals surface area contributed by atoms with E-state index in [2.05, 4.69) is 37.3 Å². The second kappa shape index (κ2) is 11.2. The summed E-state index contributed by atoms with van der Waals surface area (Å²) in [5, 5.41) is 16.0. The molecular formula is C24H26FN7O3S. The zero-order chi connectivity index (χ0) is 25.7. The Morgan fingerprint density at radius 3 is 2.75 bits per heavy atom. The molecule has 0 saturated carbocycles. The molecule has 12 heteroatoms. The average molecular weight is 512 g/mol. The van der Waals surface area contributed by atoms with Crippen molar-refractivity contribution in [2.45, 2.75) is 46.2 Å². The number of tetrazole rings is 1. The third-order valence-electron chi connectivity index (χ3n) is 5.80. The van der Waals surface area contributed by atoms with Gasteiger partial charge < -0.3 is 9.30 Å². The molecule has 0 saturated heterocycles. The van der Waals surface area contributed by atoms with Crippen molar-refractivity contribution in [1.82, 2.24) is 30.2 Å². The molecule has 36 heavy (non-hydrogen) atoms. The zero-order valence-electron chi connectivity index (χ0n) is 20.2. The molecular weight excluding hydrogens is 485 g/mol. The molecule has 0 aliphatic carbocycles. The highest BCUT2D eigenvalue weighted by Gasteiger charge is 2.27. The van der Waals surface area contributed by atoms with Gasteiger partial charge in [0.15, 0.2) is 0 Å². The third-order valence-corrected chi connectivity index (χ3v) is 6.81. The summed E-state index contributed by atoms with van der Waals surface area (Å²) in [5.74, 6) is -0.787. The molecule has 1 amide bonds. The number of nitrogens with zero attached hydrogens (tertiary/aromatic N) is 6. The number of imidazole rings is 1. The number of amides is 1. The molecule has 4 aromatic rings. The number of carbonyl (C=O) groups is 2. The molecule has 1 aromatic carbocycles. The standard InChI is InChI=1S/C24H26FN7O3S/c1-4-5-6-21-26-12-19(31(21)13-17-8-7-16(11-18(17)25)23(34)35-3)22(33)32(24-27-29-30-28-24)14-20-15(2)9-10-36-20/h7-12H,4-6,13-14H2,1-3H3,(H,27,28,29,30). The molecule has 4 rings (SSSR count). The Bertz CT molecular complexity index is 1350. The van der Waals surface area contributed by atoms with E-state index in [-0.39, 0.29) is 36.2 Å². The fourth-order valence-electron chi connectivity index (χ4n) is 3.74. The van der Waals surface area contributed by atoms with Crippen molar-refractivity contribution < 1.29 is 18.7 Å². The molecule has 10 nitrogen and oxygen atoms in total. The molecule has 0 radical (unpaired) electrons. The molecule has 1 N–H and O–H groups in total. The molecule has 0 spiro atoms. The Labute approximate surface area is 211 Å². The summed E-state index contributed by atoms with van der Waals surface area (Å²) in [6, 6.07) is 6.13. The van der Waals surface area contributed by atoms with Crippen LogP contribution in [0.25, 0.3) is 0 Å². The Hall–Kier alpha value is -3.93. The van der Waals surface area contributed by atoms with E-state index in [9.17, 15) is 14.0 Å². The van der Waals surface area contributed by atoms with Crippen molar-refractivity contribution >= 4 is 29.2 Å². The van der Waals surface area contributed by atoms with Crippen LogP contribution < -0.4 is 4.90 Å². The summed E-state index contributed by atoms with van der Waals surface area (Å²) < 4.78 is 21.4. The molecule has 0 aliphatic heterocycles. The lowest BCUT2D eigenvalue weighted by Gasteiger charge is -2.20. The number of hydrogen-bond acceptors (Lipinski definition) is 8. The SMILES string of the molecule is CCCCc1ncc(C(=O)N(Cc2sccc2C)c2nn[nH]n2)n1Cc1ccc(C(=O)OC)cc1F. The summed E-state index contributed by atoms with van der Waals surface area (Å²) in [5.41, 5.74) is 1.75. The first-order valence-corrected chi connectivity index (χ1v) is 12.3. The molecule has 0 fully saturated rings. The zero-order valence-corrected chi connectivity index (χ0v) is 21.0. The Kier molecular flexibility index (Phi) is 7.84. The molecule has 0 unspecified atom stereocenters. The number of esters is 1. The van der Waals surface area contributed by atoms with E-state index < -0.39 is 11.8 Å². The van der Waals surface area contributed by atoms with Gasteiger partial charge in [0, 0.05) is 16.9 Å². The molecule has 0 aliphatic rings. The number of thiophene rings is 1. The first-order chi connectivity index (χ1) is 17.4. The van der Waals surface area contributed by atoms with Crippen molar-refractivity contribution in [3.05, 3.63) is 74.7 Å². The van der Waals surface area contributed by atoms with Crippen LogP contribution in [0.1, 0.15) is 62.4 Å². The van der Waals surface area contributed by atoms with Crippen molar-refractivity contribution in [1.29, 1.82) is 0 Å². The Balaban J connectivity index is 1.71. The van der Waals surface area contributed by atoms with Crippen LogP contribution in [0.15, 0.2) is 35.8 Å². The number of methoxy groups -OCH3 is 1. The number of aryl methyl sites for hydroxylation is 2. The third kappa shape index (κ3) is 5.33. The van der Waals surface area contributed by atoms with Crippen LogP contribution in [0, 0.1) is 12.7 Å². The molecule has 3 aromatic heterocycles. The smallest absolute Gasteiger partial charge is 0.337 e. The lowest BCUT2D eigenvalue weighted by Crippen LogP contribution is -2.33. The van der Waals surface area contributed by atoms with Crippen molar-refractivity contribution in [3.8, 4) is 0 Å². The number of rotatable bonds is 10. The van der Waals surface area contributed by atoms with Crippen LogP contribution in [0.3, 0.4) is 0 Å². The van der Waals surface area contributed by atoms with Crippen LogP contribution in [0.4, 0.5) is 10.3 Å². The largest absolute Gasteiger partial charge is 0.465 e. The number of unbranched alkanes of at least 4 members (excludes halogenated alkanes) is 1. The van der Waals surface area contributed by atoms with Crippen LogP contribution in [-0.4, -0.2) is 49.2 Å². The normalized spacial score (nSPS) is 11.0. The van der Waals surface area contributed by atoms with Gasteiger partial charge in [0.05, 0.1) is 32.0 Å². The lowest BCUT2D eigenvalue weighted by atomic mass is 10.1. The van der Waals surface area contributed by atoms with Gasteiger partial charge >= 0.3 is 5.97 Å². The van der Waals surface area contributed by atoms with Gasteiger partial charge in [-0.2, -0.15) is 5.21 Å². The maximum absolute atomic E-state index is 15.0. The number of halogens is 1. The van der Waals surface area contributed by atoms with Gasteiger partial charge in [0.25, 0.3) is 11.9 Å². The minimum atomic E-state index is -0.623. The monoisotopic (exact) mass is 511 g/mol. The number of aromatic amines is 1. The number of H-pyrrole nitrogens is 1. The van der Waals surface area contributed by atoms with E-state index in [1.54, 1.807) is 4.57 Å². The highest BCUT2D eigenvalue weighted by Crippen LogP contribution is 2.23. The fourth-order valence-corrected chi connectivity index (χ4v) is 4.63. The highest BCUT2D eigenvalue weighted by molar-refractivity contribution is 7.10.